The summed E-state index contributed by atoms with van der Waals surface area (Å²) >= 11 is 0. The first-order valence-corrected chi connectivity index (χ1v) is 8.11. The number of hydrogen-bond donors (Lipinski definition) is 3. The van der Waals surface area contributed by atoms with Gasteiger partial charge in [-0.25, -0.2) is 5.43 Å². The molecule has 1 aromatic carbocycles. The van der Waals surface area contributed by atoms with E-state index in [0.717, 1.165) is 17.1 Å². The van der Waals surface area contributed by atoms with Crippen LogP contribution in [0.4, 0.5) is 0 Å². The van der Waals surface area contributed by atoms with Gasteiger partial charge in [0.1, 0.15) is 11.5 Å². The summed E-state index contributed by atoms with van der Waals surface area (Å²) in [4.78, 5) is 12.3. The van der Waals surface area contributed by atoms with Gasteiger partial charge in [0.15, 0.2) is 0 Å². The normalized spacial score (nSPS) is 23.2. The minimum absolute atomic E-state index is 0.0206. The van der Waals surface area contributed by atoms with E-state index in [1.165, 1.54) is 0 Å². The SMILES string of the molecule is COc1ccc(C2NNC(C)C2CC(=O)NCc2ccco2)cc1. The van der Waals surface area contributed by atoms with E-state index in [-0.39, 0.29) is 23.9 Å². The van der Waals surface area contributed by atoms with Gasteiger partial charge in [0, 0.05) is 18.4 Å². The van der Waals surface area contributed by atoms with E-state index in [1.807, 2.05) is 36.4 Å². The molecule has 3 unspecified atom stereocenters. The lowest BCUT2D eigenvalue weighted by Crippen LogP contribution is -2.31. The smallest absolute Gasteiger partial charge is 0.220 e. The predicted molar refractivity (Wildman–Crippen MR) is 90.1 cm³/mol. The van der Waals surface area contributed by atoms with Crippen molar-refractivity contribution in [2.24, 2.45) is 5.92 Å². The van der Waals surface area contributed by atoms with Crippen LogP contribution in [0.2, 0.25) is 0 Å². The van der Waals surface area contributed by atoms with E-state index in [4.69, 9.17) is 9.15 Å². The molecule has 2 aromatic rings. The molecule has 1 aliphatic rings. The first-order valence-electron chi connectivity index (χ1n) is 8.11. The minimum Gasteiger partial charge on any atom is -0.497 e. The fourth-order valence-corrected chi connectivity index (χ4v) is 3.05. The fourth-order valence-electron chi connectivity index (χ4n) is 3.05. The highest BCUT2D eigenvalue weighted by molar-refractivity contribution is 5.76. The Labute approximate surface area is 141 Å². The largest absolute Gasteiger partial charge is 0.497 e. The highest BCUT2D eigenvalue weighted by atomic mass is 16.5. The lowest BCUT2D eigenvalue weighted by atomic mass is 9.87. The number of carbonyl (C=O) groups excluding carboxylic acids is 1. The molecule has 6 nitrogen and oxygen atoms in total. The molecule has 2 heterocycles. The zero-order chi connectivity index (χ0) is 16.9. The van der Waals surface area contributed by atoms with Gasteiger partial charge in [-0.05, 0) is 36.8 Å². The Kier molecular flexibility index (Phi) is 5.17. The van der Waals surface area contributed by atoms with Gasteiger partial charge in [-0.1, -0.05) is 12.1 Å². The molecule has 1 fully saturated rings. The first-order chi connectivity index (χ1) is 11.7. The lowest BCUT2D eigenvalue weighted by molar-refractivity contribution is -0.122. The first kappa shape index (κ1) is 16.5. The van der Waals surface area contributed by atoms with Gasteiger partial charge in [0.2, 0.25) is 5.91 Å². The van der Waals surface area contributed by atoms with Crippen LogP contribution in [0.1, 0.15) is 30.7 Å². The third-order valence-electron chi connectivity index (χ3n) is 4.47. The van der Waals surface area contributed by atoms with Gasteiger partial charge in [-0.15, -0.1) is 0 Å². The van der Waals surface area contributed by atoms with Crippen molar-refractivity contribution in [1.82, 2.24) is 16.2 Å². The van der Waals surface area contributed by atoms with Crippen LogP contribution >= 0.6 is 0 Å². The number of carbonyl (C=O) groups is 1. The molecule has 3 rings (SSSR count). The molecule has 6 heteroatoms. The number of nitrogens with one attached hydrogen (secondary N) is 3. The zero-order valence-electron chi connectivity index (χ0n) is 13.9. The molecule has 1 saturated heterocycles. The maximum atomic E-state index is 12.3. The van der Waals surface area contributed by atoms with Gasteiger partial charge >= 0.3 is 0 Å². The van der Waals surface area contributed by atoms with Gasteiger partial charge in [0.25, 0.3) is 0 Å². The van der Waals surface area contributed by atoms with Crippen LogP contribution < -0.4 is 20.9 Å². The quantitative estimate of drug-likeness (QED) is 0.757. The molecule has 1 aromatic heterocycles. The molecule has 3 atom stereocenters. The van der Waals surface area contributed by atoms with Gasteiger partial charge in [0.05, 0.1) is 26.0 Å². The Bertz CT molecular complexity index is 655. The Morgan fingerprint density at radius 1 is 1.25 bits per heavy atom. The number of rotatable bonds is 6. The van der Waals surface area contributed by atoms with Gasteiger partial charge in [-0.3, -0.25) is 10.2 Å². The standard InChI is InChI=1S/C18H23N3O3/c1-12-16(10-17(22)19-11-15-4-3-9-24-15)18(21-20-12)13-5-7-14(23-2)8-6-13/h3-9,12,16,18,20-21H,10-11H2,1-2H3,(H,19,22). The van der Waals surface area contributed by atoms with Gasteiger partial charge < -0.3 is 14.5 Å². The topological polar surface area (TPSA) is 75.5 Å². The second-order valence-electron chi connectivity index (χ2n) is 6.05. The van der Waals surface area contributed by atoms with E-state index >= 15 is 0 Å². The number of benzene rings is 1. The molecule has 0 saturated carbocycles. The molecule has 0 aliphatic carbocycles. The van der Waals surface area contributed by atoms with Crippen molar-refractivity contribution in [2.45, 2.75) is 32.0 Å². The number of methoxy groups -OCH3 is 1. The fraction of sp³-hybridized carbons (Fsp3) is 0.389. The summed E-state index contributed by atoms with van der Waals surface area (Å²) in [5.41, 5.74) is 7.67. The predicted octanol–water partition coefficient (Wildman–Crippen LogP) is 2.15. The average molecular weight is 329 g/mol. The summed E-state index contributed by atoms with van der Waals surface area (Å²) in [6.07, 6.45) is 2.05. The maximum absolute atomic E-state index is 12.3. The summed E-state index contributed by atoms with van der Waals surface area (Å²) < 4.78 is 10.4. The lowest BCUT2D eigenvalue weighted by Gasteiger charge is -2.21. The Hall–Kier alpha value is -2.31. The van der Waals surface area contributed by atoms with E-state index in [2.05, 4.69) is 23.1 Å². The summed E-state index contributed by atoms with van der Waals surface area (Å²) in [5, 5.41) is 2.91. The van der Waals surface area contributed by atoms with Crippen molar-refractivity contribution in [3.63, 3.8) is 0 Å². The molecule has 0 radical (unpaired) electrons. The molecule has 1 amide bonds. The number of furan rings is 1. The third kappa shape index (κ3) is 3.77. The minimum atomic E-state index is 0.0206. The highest BCUT2D eigenvalue weighted by Gasteiger charge is 2.35. The number of hydrazine groups is 1. The van der Waals surface area contributed by atoms with Crippen molar-refractivity contribution in [2.75, 3.05) is 7.11 Å². The highest BCUT2D eigenvalue weighted by Crippen LogP contribution is 2.32. The van der Waals surface area contributed by atoms with E-state index in [9.17, 15) is 4.79 Å². The van der Waals surface area contributed by atoms with Crippen LogP contribution in [0.3, 0.4) is 0 Å². The second kappa shape index (κ2) is 7.51. The Morgan fingerprint density at radius 3 is 2.71 bits per heavy atom. The van der Waals surface area contributed by atoms with Crippen molar-refractivity contribution >= 4 is 5.91 Å². The van der Waals surface area contributed by atoms with Crippen molar-refractivity contribution < 1.29 is 13.9 Å². The zero-order valence-corrected chi connectivity index (χ0v) is 13.9. The van der Waals surface area contributed by atoms with Crippen LogP contribution in [0.5, 0.6) is 5.75 Å². The molecular formula is C18H23N3O3. The number of amides is 1. The van der Waals surface area contributed by atoms with Crippen molar-refractivity contribution in [1.29, 1.82) is 0 Å². The maximum Gasteiger partial charge on any atom is 0.220 e. The number of ether oxygens (including phenoxy) is 1. The monoisotopic (exact) mass is 329 g/mol. The Balaban J connectivity index is 1.61. The molecule has 0 spiro atoms. The van der Waals surface area contributed by atoms with Crippen LogP contribution in [0.15, 0.2) is 47.1 Å². The molecular weight excluding hydrogens is 306 g/mol. The summed E-state index contributed by atoms with van der Waals surface area (Å²) in [6.45, 7) is 2.50. The second-order valence-corrected chi connectivity index (χ2v) is 6.05. The summed E-state index contributed by atoms with van der Waals surface area (Å²) in [5.74, 6) is 1.76. The van der Waals surface area contributed by atoms with E-state index in [0.29, 0.717) is 13.0 Å². The van der Waals surface area contributed by atoms with Crippen LogP contribution in [-0.4, -0.2) is 19.1 Å². The third-order valence-corrected chi connectivity index (χ3v) is 4.47. The summed E-state index contributed by atoms with van der Waals surface area (Å²) in [7, 11) is 1.65. The molecule has 24 heavy (non-hydrogen) atoms. The van der Waals surface area contributed by atoms with Crippen LogP contribution in [0.25, 0.3) is 0 Å². The van der Waals surface area contributed by atoms with Crippen molar-refractivity contribution in [3.8, 4) is 5.75 Å². The Morgan fingerprint density at radius 2 is 2.04 bits per heavy atom. The molecule has 3 N–H and O–H groups in total. The van der Waals surface area contributed by atoms with Crippen LogP contribution in [0, 0.1) is 5.92 Å². The molecule has 0 bridgehead atoms. The van der Waals surface area contributed by atoms with Crippen LogP contribution in [-0.2, 0) is 11.3 Å². The number of hydrogen-bond acceptors (Lipinski definition) is 5. The van der Waals surface area contributed by atoms with Crippen molar-refractivity contribution in [3.05, 3.63) is 54.0 Å². The molecule has 128 valence electrons. The van der Waals surface area contributed by atoms with Gasteiger partial charge in [-0.2, -0.15) is 0 Å². The average Bonchev–Trinajstić information content (AvgIpc) is 3.24. The summed E-state index contributed by atoms with van der Waals surface area (Å²) in [6, 6.07) is 11.9. The van der Waals surface area contributed by atoms with E-state index in [1.54, 1.807) is 13.4 Å². The van der Waals surface area contributed by atoms with E-state index < -0.39 is 0 Å². The molecule has 1 aliphatic heterocycles.